The minimum absolute atomic E-state index is 0.697. The smallest absolute Gasteiger partial charge is 0.115 e. The van der Waals surface area contributed by atoms with Crippen molar-refractivity contribution in [2.24, 2.45) is 0 Å². The van der Waals surface area contributed by atoms with Gasteiger partial charge >= 0.3 is 0 Å². The Labute approximate surface area is 101 Å². The van der Waals surface area contributed by atoms with Gasteiger partial charge in [-0.25, -0.2) is 9.97 Å². The second-order valence-corrected chi connectivity index (χ2v) is 4.50. The Morgan fingerprint density at radius 3 is 2.24 bits per heavy atom. The van der Waals surface area contributed by atoms with Crippen molar-refractivity contribution in [3.63, 3.8) is 0 Å². The van der Waals surface area contributed by atoms with E-state index in [1.165, 1.54) is 17.5 Å². The minimum Gasteiger partial charge on any atom is -0.381 e. The number of hydrogen-bond acceptors (Lipinski definition) is 3. The van der Waals surface area contributed by atoms with Crippen LogP contribution in [0, 0.1) is 13.8 Å². The van der Waals surface area contributed by atoms with Crippen molar-refractivity contribution in [2.45, 2.75) is 26.4 Å². The molecule has 17 heavy (non-hydrogen) atoms. The summed E-state index contributed by atoms with van der Waals surface area (Å²) < 4.78 is 0. The Hall–Kier alpha value is -1.74. The van der Waals surface area contributed by atoms with E-state index in [0.29, 0.717) is 5.56 Å². The first-order valence-corrected chi connectivity index (χ1v) is 5.57. The van der Waals surface area contributed by atoms with Gasteiger partial charge in [0.15, 0.2) is 0 Å². The number of nitrogens with zero attached hydrogens (tertiary/aromatic N) is 2. The average Bonchev–Trinajstić information content (AvgIpc) is 2.33. The molecule has 2 rings (SSSR count). The highest BCUT2D eigenvalue weighted by atomic mass is 16.3. The molecule has 0 aliphatic carbocycles. The molecule has 0 aliphatic heterocycles. The van der Waals surface area contributed by atoms with Crippen LogP contribution in [0.4, 0.5) is 0 Å². The molecule has 0 radical (unpaired) electrons. The molecule has 88 valence electrons. The third-order valence-corrected chi connectivity index (χ3v) is 3.19. The van der Waals surface area contributed by atoms with Gasteiger partial charge in [-0.1, -0.05) is 18.2 Å². The van der Waals surface area contributed by atoms with Gasteiger partial charge in [-0.3, -0.25) is 0 Å². The number of hydrogen-bond donors (Lipinski definition) is 1. The van der Waals surface area contributed by atoms with Crippen molar-refractivity contribution < 1.29 is 5.11 Å². The summed E-state index contributed by atoms with van der Waals surface area (Å²) in [4.78, 5) is 7.89. The summed E-state index contributed by atoms with van der Waals surface area (Å²) in [7, 11) is 0. The lowest BCUT2D eigenvalue weighted by Crippen LogP contribution is -2.23. The maximum Gasteiger partial charge on any atom is 0.115 e. The largest absolute Gasteiger partial charge is 0.381 e. The molecule has 1 aromatic heterocycles. The van der Waals surface area contributed by atoms with E-state index in [-0.39, 0.29) is 0 Å². The molecule has 0 bridgehead atoms. The molecule has 1 unspecified atom stereocenters. The Bertz CT molecular complexity index is 521. The lowest BCUT2D eigenvalue weighted by molar-refractivity contribution is 0.101. The van der Waals surface area contributed by atoms with Crippen LogP contribution in [0.15, 0.2) is 36.9 Å². The lowest BCUT2D eigenvalue weighted by atomic mass is 9.88. The maximum absolute atomic E-state index is 10.6. The van der Waals surface area contributed by atoms with E-state index in [1.54, 1.807) is 19.3 Å². The highest BCUT2D eigenvalue weighted by molar-refractivity contribution is 5.38. The molecule has 0 aliphatic rings. The van der Waals surface area contributed by atoms with Crippen molar-refractivity contribution >= 4 is 0 Å². The molecule has 1 atom stereocenters. The summed E-state index contributed by atoms with van der Waals surface area (Å²) in [5, 5.41) is 10.6. The van der Waals surface area contributed by atoms with Gasteiger partial charge in [0, 0.05) is 18.0 Å². The predicted molar refractivity (Wildman–Crippen MR) is 66.6 cm³/mol. The van der Waals surface area contributed by atoms with E-state index < -0.39 is 5.60 Å². The van der Waals surface area contributed by atoms with Gasteiger partial charge < -0.3 is 5.11 Å². The number of rotatable bonds is 2. The predicted octanol–water partition coefficient (Wildman–Crippen LogP) is 2.35. The third-order valence-electron chi connectivity index (χ3n) is 3.19. The van der Waals surface area contributed by atoms with Crippen LogP contribution < -0.4 is 0 Å². The van der Waals surface area contributed by atoms with Crippen LogP contribution in [0.5, 0.6) is 0 Å². The van der Waals surface area contributed by atoms with Crippen LogP contribution in [0.1, 0.15) is 29.2 Å². The van der Waals surface area contributed by atoms with Gasteiger partial charge in [-0.15, -0.1) is 0 Å². The highest BCUT2D eigenvalue weighted by Crippen LogP contribution is 2.29. The second kappa shape index (κ2) is 4.26. The summed E-state index contributed by atoms with van der Waals surface area (Å²) in [6.45, 7) is 5.85. The fourth-order valence-electron chi connectivity index (χ4n) is 1.76. The average molecular weight is 228 g/mol. The number of benzene rings is 1. The second-order valence-electron chi connectivity index (χ2n) is 4.50. The minimum atomic E-state index is -1.06. The normalized spacial score (nSPS) is 14.4. The standard InChI is InChI=1S/C14H16N2O/c1-10-4-5-12(6-11(10)2)14(3,17)13-7-15-9-16-8-13/h4-9,17H,1-3H3. The molecular weight excluding hydrogens is 212 g/mol. The fraction of sp³-hybridized carbons (Fsp3) is 0.286. The maximum atomic E-state index is 10.6. The summed E-state index contributed by atoms with van der Waals surface area (Å²) in [5.41, 5.74) is 2.88. The summed E-state index contributed by atoms with van der Waals surface area (Å²) in [6, 6.07) is 5.96. The number of aromatic nitrogens is 2. The zero-order chi connectivity index (χ0) is 12.5. The summed E-state index contributed by atoms with van der Waals surface area (Å²) in [6.07, 6.45) is 4.74. The van der Waals surface area contributed by atoms with Crippen molar-refractivity contribution in [1.29, 1.82) is 0 Å². The molecule has 1 heterocycles. The van der Waals surface area contributed by atoms with Crippen LogP contribution in [0.3, 0.4) is 0 Å². The van der Waals surface area contributed by atoms with Gasteiger partial charge in [0.1, 0.15) is 11.9 Å². The van der Waals surface area contributed by atoms with E-state index in [9.17, 15) is 5.11 Å². The fourth-order valence-corrected chi connectivity index (χ4v) is 1.76. The van der Waals surface area contributed by atoms with Crippen molar-refractivity contribution in [3.05, 3.63) is 59.2 Å². The molecule has 0 saturated carbocycles. The Balaban J connectivity index is 2.48. The monoisotopic (exact) mass is 228 g/mol. The van der Waals surface area contributed by atoms with E-state index in [1.807, 2.05) is 25.1 Å². The zero-order valence-electron chi connectivity index (χ0n) is 10.3. The molecule has 3 heteroatoms. The topological polar surface area (TPSA) is 46.0 Å². The van der Waals surface area contributed by atoms with Gasteiger partial charge in [0.05, 0.1) is 0 Å². The quantitative estimate of drug-likeness (QED) is 0.858. The Kier molecular flexibility index (Phi) is 2.94. The van der Waals surface area contributed by atoms with Gasteiger partial charge in [0.25, 0.3) is 0 Å². The Morgan fingerprint density at radius 1 is 1.00 bits per heavy atom. The van der Waals surface area contributed by atoms with Crippen molar-refractivity contribution in [1.82, 2.24) is 9.97 Å². The molecule has 0 spiro atoms. The van der Waals surface area contributed by atoms with Gasteiger partial charge in [-0.05, 0) is 37.5 Å². The number of aryl methyl sites for hydroxylation is 2. The van der Waals surface area contributed by atoms with Crippen LogP contribution in [-0.4, -0.2) is 15.1 Å². The molecule has 2 aromatic rings. The molecule has 3 nitrogen and oxygen atoms in total. The molecule has 0 saturated heterocycles. The van der Waals surface area contributed by atoms with Gasteiger partial charge in [0.2, 0.25) is 0 Å². The van der Waals surface area contributed by atoms with Crippen LogP contribution in [-0.2, 0) is 5.60 Å². The van der Waals surface area contributed by atoms with E-state index >= 15 is 0 Å². The third kappa shape index (κ3) is 2.19. The van der Waals surface area contributed by atoms with E-state index in [4.69, 9.17) is 0 Å². The van der Waals surface area contributed by atoms with Crippen LogP contribution in [0.25, 0.3) is 0 Å². The van der Waals surface area contributed by atoms with Gasteiger partial charge in [-0.2, -0.15) is 0 Å². The summed E-state index contributed by atoms with van der Waals surface area (Å²) >= 11 is 0. The number of aliphatic hydroxyl groups is 1. The van der Waals surface area contributed by atoms with Crippen molar-refractivity contribution in [2.75, 3.05) is 0 Å². The Morgan fingerprint density at radius 2 is 1.65 bits per heavy atom. The summed E-state index contributed by atoms with van der Waals surface area (Å²) in [5.74, 6) is 0. The van der Waals surface area contributed by atoms with Crippen LogP contribution in [0.2, 0.25) is 0 Å². The first-order valence-electron chi connectivity index (χ1n) is 5.57. The molecule has 0 amide bonds. The molecule has 1 aromatic carbocycles. The highest BCUT2D eigenvalue weighted by Gasteiger charge is 2.26. The SMILES string of the molecule is Cc1ccc(C(C)(O)c2cncnc2)cc1C. The first-order chi connectivity index (χ1) is 8.01. The van der Waals surface area contributed by atoms with Crippen molar-refractivity contribution in [3.8, 4) is 0 Å². The van der Waals surface area contributed by atoms with Crippen LogP contribution >= 0.6 is 0 Å². The van der Waals surface area contributed by atoms with E-state index in [0.717, 1.165) is 5.56 Å². The molecule has 0 fully saturated rings. The lowest BCUT2D eigenvalue weighted by Gasteiger charge is -2.24. The first kappa shape index (κ1) is 11.7. The van der Waals surface area contributed by atoms with E-state index in [2.05, 4.69) is 16.9 Å². The molecular formula is C14H16N2O. The zero-order valence-corrected chi connectivity index (χ0v) is 10.3. The molecule has 1 N–H and O–H groups in total.